The second-order valence-electron chi connectivity index (χ2n) is 7.80. The summed E-state index contributed by atoms with van der Waals surface area (Å²) in [5.74, 6) is 1.17. The van der Waals surface area contributed by atoms with Crippen molar-refractivity contribution >= 4 is 16.7 Å². The fourth-order valence-electron chi connectivity index (χ4n) is 3.23. The molecule has 1 aliphatic heterocycles. The van der Waals surface area contributed by atoms with E-state index in [1.54, 1.807) is 0 Å². The first-order valence-electron chi connectivity index (χ1n) is 10.0. The number of fused-ring (bicyclic) bond motifs is 1. The molecule has 1 aliphatic rings. The lowest BCUT2D eigenvalue weighted by molar-refractivity contribution is -0.144. The highest BCUT2D eigenvalue weighted by Gasteiger charge is 2.28. The maximum absolute atomic E-state index is 12.6. The minimum absolute atomic E-state index is 0.209. The zero-order valence-electron chi connectivity index (χ0n) is 16.8. The van der Waals surface area contributed by atoms with Crippen LogP contribution in [0.1, 0.15) is 58.9 Å². The molecule has 4 nitrogen and oxygen atoms in total. The van der Waals surface area contributed by atoms with E-state index < -0.39 is 5.41 Å². The number of benzene rings is 2. The van der Waals surface area contributed by atoms with Gasteiger partial charge in [-0.1, -0.05) is 32.0 Å². The van der Waals surface area contributed by atoms with E-state index in [1.165, 1.54) is 5.56 Å². The summed E-state index contributed by atoms with van der Waals surface area (Å²) < 4.78 is 17.7. The van der Waals surface area contributed by atoms with Gasteiger partial charge >= 0.3 is 5.97 Å². The smallest absolute Gasteiger partial charge is 0.316 e. The molecule has 1 saturated heterocycles. The van der Waals surface area contributed by atoms with Gasteiger partial charge < -0.3 is 14.2 Å². The quantitative estimate of drug-likeness (QED) is 0.487. The van der Waals surface area contributed by atoms with Crippen molar-refractivity contribution in [3.05, 3.63) is 35.9 Å². The minimum Gasteiger partial charge on any atom is -0.464 e. The van der Waals surface area contributed by atoms with E-state index >= 15 is 0 Å². The van der Waals surface area contributed by atoms with Crippen molar-refractivity contribution in [2.24, 2.45) is 5.41 Å². The second-order valence-corrected chi connectivity index (χ2v) is 7.80. The molecule has 0 radical (unpaired) electrons. The van der Waals surface area contributed by atoms with Crippen molar-refractivity contribution in [2.75, 3.05) is 6.61 Å². The van der Waals surface area contributed by atoms with Gasteiger partial charge in [0.2, 0.25) is 0 Å². The van der Waals surface area contributed by atoms with Crippen LogP contribution in [-0.4, -0.2) is 18.9 Å². The Kier molecular flexibility index (Phi) is 6.05. The van der Waals surface area contributed by atoms with Crippen LogP contribution >= 0.6 is 0 Å². The number of esters is 1. The third-order valence-corrected chi connectivity index (χ3v) is 5.47. The molecule has 1 atom stereocenters. The number of aryl methyl sites for hydroxylation is 1. The van der Waals surface area contributed by atoms with Crippen LogP contribution in [0, 0.1) is 5.41 Å². The van der Waals surface area contributed by atoms with E-state index in [9.17, 15) is 4.79 Å². The van der Waals surface area contributed by atoms with Gasteiger partial charge in [0.05, 0.1) is 12.0 Å². The number of hydrogen-bond acceptors (Lipinski definition) is 4. The molecule has 0 aliphatic carbocycles. The maximum atomic E-state index is 12.6. The van der Waals surface area contributed by atoms with Crippen molar-refractivity contribution in [3.63, 3.8) is 0 Å². The molecule has 146 valence electrons. The van der Waals surface area contributed by atoms with Crippen LogP contribution in [0.15, 0.2) is 30.3 Å². The van der Waals surface area contributed by atoms with Crippen LogP contribution < -0.4 is 9.47 Å². The van der Waals surface area contributed by atoms with Gasteiger partial charge in [-0.05, 0) is 57.2 Å². The Bertz CT molecular complexity index is 803. The fourth-order valence-corrected chi connectivity index (χ4v) is 3.23. The minimum atomic E-state index is -0.514. The van der Waals surface area contributed by atoms with Crippen LogP contribution in [0.3, 0.4) is 0 Å². The first kappa shape index (κ1) is 19.7. The van der Waals surface area contributed by atoms with Crippen LogP contribution in [0.2, 0.25) is 0 Å². The van der Waals surface area contributed by atoms with Crippen molar-refractivity contribution in [1.29, 1.82) is 0 Å². The SMILES string of the molecule is CCc1ccc(OC(=O)C(C)(C)CC)c2cccc(OC3CCCCO3)c12. The van der Waals surface area contributed by atoms with Gasteiger partial charge in [-0.25, -0.2) is 0 Å². The molecule has 2 aromatic carbocycles. The molecule has 0 saturated carbocycles. The molecule has 0 bridgehead atoms. The lowest BCUT2D eigenvalue weighted by atomic mass is 9.90. The third-order valence-electron chi connectivity index (χ3n) is 5.47. The summed E-state index contributed by atoms with van der Waals surface area (Å²) in [6.45, 7) is 8.68. The van der Waals surface area contributed by atoms with Crippen molar-refractivity contribution in [2.45, 2.75) is 66.1 Å². The topological polar surface area (TPSA) is 44.8 Å². The Balaban J connectivity index is 1.99. The molecule has 1 fully saturated rings. The Morgan fingerprint density at radius 3 is 2.63 bits per heavy atom. The molecule has 0 N–H and O–H groups in total. The Labute approximate surface area is 161 Å². The molecule has 1 unspecified atom stereocenters. The number of rotatable bonds is 6. The summed E-state index contributed by atoms with van der Waals surface area (Å²) in [4.78, 5) is 12.6. The summed E-state index contributed by atoms with van der Waals surface area (Å²) >= 11 is 0. The third kappa shape index (κ3) is 4.27. The maximum Gasteiger partial charge on any atom is 0.316 e. The highest BCUT2D eigenvalue weighted by Crippen LogP contribution is 2.37. The lowest BCUT2D eigenvalue weighted by Gasteiger charge is -2.25. The summed E-state index contributed by atoms with van der Waals surface area (Å²) in [6.07, 6.45) is 4.49. The summed E-state index contributed by atoms with van der Waals surface area (Å²) in [6, 6.07) is 9.83. The van der Waals surface area contributed by atoms with Crippen molar-refractivity contribution in [3.8, 4) is 11.5 Å². The van der Waals surface area contributed by atoms with Crippen LogP contribution in [0.5, 0.6) is 11.5 Å². The van der Waals surface area contributed by atoms with Crippen LogP contribution in [-0.2, 0) is 16.0 Å². The Morgan fingerprint density at radius 2 is 1.96 bits per heavy atom. The van der Waals surface area contributed by atoms with Gasteiger partial charge in [-0.3, -0.25) is 4.79 Å². The standard InChI is InChI=1S/C23H30O4/c1-5-16-13-14-18(27-22(24)23(3,4)6-2)17-10-9-11-19(21(16)17)26-20-12-7-8-15-25-20/h9-11,13-14,20H,5-8,12,15H2,1-4H3. The first-order valence-corrected chi connectivity index (χ1v) is 10.0. The average Bonchev–Trinajstić information content (AvgIpc) is 2.69. The van der Waals surface area contributed by atoms with Gasteiger partial charge in [0.15, 0.2) is 6.29 Å². The molecule has 0 amide bonds. The van der Waals surface area contributed by atoms with Gasteiger partial charge in [0.1, 0.15) is 11.5 Å². The van der Waals surface area contributed by atoms with Crippen LogP contribution in [0.4, 0.5) is 0 Å². The number of hydrogen-bond donors (Lipinski definition) is 0. The predicted molar refractivity (Wildman–Crippen MR) is 107 cm³/mol. The van der Waals surface area contributed by atoms with E-state index in [1.807, 2.05) is 51.1 Å². The summed E-state index contributed by atoms with van der Waals surface area (Å²) in [5.41, 5.74) is 0.658. The average molecular weight is 370 g/mol. The molecular formula is C23H30O4. The highest BCUT2D eigenvalue weighted by molar-refractivity contribution is 5.97. The van der Waals surface area contributed by atoms with E-state index in [0.29, 0.717) is 5.75 Å². The molecular weight excluding hydrogens is 340 g/mol. The van der Waals surface area contributed by atoms with E-state index in [0.717, 1.165) is 55.2 Å². The first-order chi connectivity index (χ1) is 13.0. The van der Waals surface area contributed by atoms with Gasteiger partial charge in [0, 0.05) is 17.2 Å². The number of carbonyl (C=O) groups excluding carboxylic acids is 1. The zero-order chi connectivity index (χ0) is 19.4. The lowest BCUT2D eigenvalue weighted by Crippen LogP contribution is -2.28. The summed E-state index contributed by atoms with van der Waals surface area (Å²) in [5, 5.41) is 1.91. The number of ether oxygens (including phenoxy) is 3. The monoisotopic (exact) mass is 370 g/mol. The number of carbonyl (C=O) groups is 1. The Morgan fingerprint density at radius 1 is 1.15 bits per heavy atom. The van der Waals surface area contributed by atoms with Crippen molar-refractivity contribution in [1.82, 2.24) is 0 Å². The second kappa shape index (κ2) is 8.30. The molecule has 4 heteroatoms. The predicted octanol–water partition coefficient (Wildman–Crippen LogP) is 5.65. The molecule has 3 rings (SSSR count). The van der Waals surface area contributed by atoms with Gasteiger partial charge in [0.25, 0.3) is 0 Å². The molecule has 27 heavy (non-hydrogen) atoms. The van der Waals surface area contributed by atoms with Gasteiger partial charge in [-0.2, -0.15) is 0 Å². The molecule has 1 heterocycles. The zero-order valence-corrected chi connectivity index (χ0v) is 16.8. The highest BCUT2D eigenvalue weighted by atomic mass is 16.7. The van der Waals surface area contributed by atoms with Gasteiger partial charge in [-0.15, -0.1) is 0 Å². The van der Waals surface area contributed by atoms with Crippen molar-refractivity contribution < 1.29 is 19.0 Å². The fraction of sp³-hybridized carbons (Fsp3) is 0.522. The van der Waals surface area contributed by atoms with E-state index in [-0.39, 0.29) is 12.3 Å². The normalized spacial score (nSPS) is 17.7. The largest absolute Gasteiger partial charge is 0.464 e. The van der Waals surface area contributed by atoms with E-state index in [2.05, 4.69) is 6.92 Å². The molecule has 0 aromatic heterocycles. The Hall–Kier alpha value is -2.07. The molecule has 2 aromatic rings. The van der Waals surface area contributed by atoms with E-state index in [4.69, 9.17) is 14.2 Å². The molecule has 0 spiro atoms. The van der Waals surface area contributed by atoms with Crippen LogP contribution in [0.25, 0.3) is 10.8 Å². The summed E-state index contributed by atoms with van der Waals surface area (Å²) in [7, 11) is 0.